The molecule has 0 radical (unpaired) electrons. The number of Topliss-reactive ketones (excluding diaryl/α,β-unsaturated/α-hetero) is 1. The predicted molar refractivity (Wildman–Crippen MR) is 87.7 cm³/mol. The molecule has 0 spiro atoms. The van der Waals surface area contributed by atoms with Gasteiger partial charge in [0.2, 0.25) is 0 Å². The molecule has 0 saturated heterocycles. The lowest BCUT2D eigenvalue weighted by Crippen LogP contribution is -2.13. The van der Waals surface area contributed by atoms with E-state index in [2.05, 4.69) is 0 Å². The van der Waals surface area contributed by atoms with Gasteiger partial charge in [0.15, 0.2) is 12.4 Å². The molecule has 5 nitrogen and oxygen atoms in total. The van der Waals surface area contributed by atoms with Crippen LogP contribution in [-0.4, -0.2) is 24.3 Å². The summed E-state index contributed by atoms with van der Waals surface area (Å²) < 4.78 is 9.78. The Bertz CT molecular complexity index is 745. The third-order valence-corrected chi connectivity index (χ3v) is 3.04. The number of rotatable bonds is 6. The van der Waals surface area contributed by atoms with Gasteiger partial charge >= 0.3 is 11.9 Å². The quantitative estimate of drug-likeness (QED) is 0.354. The zero-order chi connectivity index (χ0) is 17.4. The summed E-state index contributed by atoms with van der Waals surface area (Å²) in [5, 5.41) is 0. The second kappa shape index (κ2) is 8.43. The third kappa shape index (κ3) is 5.53. The molecule has 2 rings (SSSR count). The maximum atomic E-state index is 11.8. The van der Waals surface area contributed by atoms with Crippen LogP contribution >= 0.6 is 0 Å². The van der Waals surface area contributed by atoms with E-state index in [4.69, 9.17) is 9.47 Å². The Balaban J connectivity index is 1.79. The Morgan fingerprint density at radius 1 is 0.875 bits per heavy atom. The third-order valence-electron chi connectivity index (χ3n) is 3.04. The summed E-state index contributed by atoms with van der Waals surface area (Å²) >= 11 is 0. The van der Waals surface area contributed by atoms with Crippen molar-refractivity contribution in [2.45, 2.75) is 6.92 Å². The SMILES string of the molecule is Cc1ccc(C(=O)COC(=O)/C=C/C(=O)Oc2ccccc2)cc1. The second-order valence-electron chi connectivity index (χ2n) is 4.96. The van der Waals surface area contributed by atoms with E-state index in [0.29, 0.717) is 11.3 Å². The van der Waals surface area contributed by atoms with Crippen LogP contribution in [0.4, 0.5) is 0 Å². The molecule has 122 valence electrons. The Morgan fingerprint density at radius 3 is 2.17 bits per heavy atom. The van der Waals surface area contributed by atoms with Crippen molar-refractivity contribution in [3.05, 3.63) is 77.9 Å². The Labute approximate surface area is 139 Å². The van der Waals surface area contributed by atoms with Crippen LogP contribution in [0.5, 0.6) is 5.75 Å². The van der Waals surface area contributed by atoms with Crippen molar-refractivity contribution in [2.24, 2.45) is 0 Å². The highest BCUT2D eigenvalue weighted by atomic mass is 16.5. The van der Waals surface area contributed by atoms with E-state index in [1.807, 2.05) is 6.92 Å². The molecule has 0 atom stereocenters. The molecule has 0 fully saturated rings. The smallest absolute Gasteiger partial charge is 0.336 e. The zero-order valence-electron chi connectivity index (χ0n) is 13.1. The monoisotopic (exact) mass is 324 g/mol. The van der Waals surface area contributed by atoms with Gasteiger partial charge in [0.25, 0.3) is 0 Å². The minimum Gasteiger partial charge on any atom is -0.454 e. The van der Waals surface area contributed by atoms with Crippen LogP contribution in [0.15, 0.2) is 66.7 Å². The van der Waals surface area contributed by atoms with Crippen molar-refractivity contribution in [1.29, 1.82) is 0 Å². The average Bonchev–Trinajstić information content (AvgIpc) is 2.59. The van der Waals surface area contributed by atoms with Crippen LogP contribution in [0.1, 0.15) is 15.9 Å². The van der Waals surface area contributed by atoms with E-state index in [1.54, 1.807) is 54.6 Å². The molecule has 0 aliphatic carbocycles. The number of carbonyl (C=O) groups is 3. The molecule has 0 bridgehead atoms. The molecular weight excluding hydrogens is 308 g/mol. The topological polar surface area (TPSA) is 69.7 Å². The lowest BCUT2D eigenvalue weighted by Gasteiger charge is -2.02. The fourth-order valence-corrected chi connectivity index (χ4v) is 1.78. The number of carbonyl (C=O) groups excluding carboxylic acids is 3. The molecular formula is C19H16O5. The lowest BCUT2D eigenvalue weighted by molar-refractivity contribution is -0.137. The van der Waals surface area contributed by atoms with Crippen molar-refractivity contribution in [3.63, 3.8) is 0 Å². The summed E-state index contributed by atoms with van der Waals surface area (Å²) in [5.74, 6) is -1.44. The van der Waals surface area contributed by atoms with Crippen LogP contribution in [0.3, 0.4) is 0 Å². The van der Waals surface area contributed by atoms with Gasteiger partial charge in [-0.1, -0.05) is 48.0 Å². The number of aryl methyl sites for hydroxylation is 1. The van der Waals surface area contributed by atoms with E-state index < -0.39 is 11.9 Å². The number of ketones is 1. The molecule has 0 heterocycles. The summed E-state index contributed by atoms with van der Waals surface area (Å²) in [6.07, 6.45) is 1.87. The van der Waals surface area contributed by atoms with Crippen LogP contribution in [0.2, 0.25) is 0 Å². The van der Waals surface area contributed by atoms with E-state index in [9.17, 15) is 14.4 Å². The van der Waals surface area contributed by atoms with Gasteiger partial charge in [-0.25, -0.2) is 9.59 Å². The molecule has 24 heavy (non-hydrogen) atoms. The first-order valence-corrected chi connectivity index (χ1v) is 7.26. The first-order valence-electron chi connectivity index (χ1n) is 7.26. The van der Waals surface area contributed by atoms with Gasteiger partial charge in [0, 0.05) is 17.7 Å². The Kier molecular flexibility index (Phi) is 6.02. The largest absolute Gasteiger partial charge is 0.454 e. The summed E-state index contributed by atoms with van der Waals surface area (Å²) in [5.41, 5.74) is 1.49. The molecule has 0 amide bonds. The summed E-state index contributed by atoms with van der Waals surface area (Å²) in [6.45, 7) is 1.52. The zero-order valence-corrected chi connectivity index (χ0v) is 13.1. The van der Waals surface area contributed by atoms with E-state index in [0.717, 1.165) is 17.7 Å². The average molecular weight is 324 g/mol. The van der Waals surface area contributed by atoms with Gasteiger partial charge < -0.3 is 9.47 Å². The first-order chi connectivity index (χ1) is 11.5. The van der Waals surface area contributed by atoms with E-state index >= 15 is 0 Å². The minimum atomic E-state index is -0.791. The molecule has 0 aliphatic heterocycles. The van der Waals surface area contributed by atoms with Crippen molar-refractivity contribution in [2.75, 3.05) is 6.61 Å². The summed E-state index contributed by atoms with van der Waals surface area (Å²) in [6, 6.07) is 15.4. The second-order valence-corrected chi connectivity index (χ2v) is 4.96. The maximum Gasteiger partial charge on any atom is 0.336 e. The molecule has 0 N–H and O–H groups in total. The molecule has 2 aromatic rings. The number of esters is 2. The molecule has 0 unspecified atom stereocenters. The lowest BCUT2D eigenvalue weighted by atomic mass is 10.1. The van der Waals surface area contributed by atoms with Gasteiger partial charge in [-0.15, -0.1) is 0 Å². The molecule has 2 aromatic carbocycles. The maximum absolute atomic E-state index is 11.8. The number of benzene rings is 2. The molecule has 0 aromatic heterocycles. The summed E-state index contributed by atoms with van der Waals surface area (Å²) in [4.78, 5) is 34.9. The summed E-state index contributed by atoms with van der Waals surface area (Å²) in [7, 11) is 0. The van der Waals surface area contributed by atoms with E-state index in [-0.39, 0.29) is 12.4 Å². The number of hydrogen-bond acceptors (Lipinski definition) is 5. The Morgan fingerprint density at radius 2 is 1.50 bits per heavy atom. The predicted octanol–water partition coefficient (Wildman–Crippen LogP) is 2.88. The normalized spacial score (nSPS) is 10.4. The van der Waals surface area contributed by atoms with Gasteiger partial charge in [0.1, 0.15) is 5.75 Å². The van der Waals surface area contributed by atoms with Crippen molar-refractivity contribution >= 4 is 17.7 Å². The van der Waals surface area contributed by atoms with Gasteiger partial charge in [-0.3, -0.25) is 4.79 Å². The highest BCUT2D eigenvalue weighted by molar-refractivity contribution is 5.99. The minimum absolute atomic E-state index is 0.316. The molecule has 0 saturated carbocycles. The van der Waals surface area contributed by atoms with Crippen molar-refractivity contribution < 1.29 is 23.9 Å². The van der Waals surface area contributed by atoms with Crippen LogP contribution in [0.25, 0.3) is 0 Å². The van der Waals surface area contributed by atoms with Gasteiger partial charge in [0.05, 0.1) is 0 Å². The van der Waals surface area contributed by atoms with Gasteiger partial charge in [-0.05, 0) is 19.1 Å². The first kappa shape index (κ1) is 17.1. The number of ether oxygens (including phenoxy) is 2. The van der Waals surface area contributed by atoms with Crippen LogP contribution < -0.4 is 4.74 Å². The standard InChI is InChI=1S/C19H16O5/c1-14-7-9-15(10-8-14)17(20)13-23-18(21)11-12-19(22)24-16-5-3-2-4-6-16/h2-12H,13H2,1H3/b12-11+. The fourth-order valence-electron chi connectivity index (χ4n) is 1.78. The fraction of sp³-hybridized carbons (Fsp3) is 0.105. The highest BCUT2D eigenvalue weighted by Gasteiger charge is 2.08. The molecule has 0 aliphatic rings. The number of hydrogen-bond donors (Lipinski definition) is 0. The van der Waals surface area contributed by atoms with Crippen LogP contribution in [0, 0.1) is 6.92 Å². The van der Waals surface area contributed by atoms with Crippen LogP contribution in [-0.2, 0) is 14.3 Å². The number of para-hydroxylation sites is 1. The Hall–Kier alpha value is -3.21. The highest BCUT2D eigenvalue weighted by Crippen LogP contribution is 2.08. The molecule has 5 heteroatoms. The van der Waals surface area contributed by atoms with Crippen molar-refractivity contribution in [3.8, 4) is 5.75 Å². The van der Waals surface area contributed by atoms with E-state index in [1.165, 1.54) is 0 Å². The van der Waals surface area contributed by atoms with Gasteiger partial charge in [-0.2, -0.15) is 0 Å². The van der Waals surface area contributed by atoms with Crippen molar-refractivity contribution in [1.82, 2.24) is 0 Å².